The zero-order chi connectivity index (χ0) is 20.1. The first kappa shape index (κ1) is 19.8. The minimum Gasteiger partial charge on any atom is -0.192 e. The van der Waals surface area contributed by atoms with E-state index in [2.05, 4.69) is 79.0 Å². The first-order valence-corrected chi connectivity index (χ1v) is 12.2. The van der Waals surface area contributed by atoms with Gasteiger partial charge in [0, 0.05) is 24.4 Å². The van der Waals surface area contributed by atoms with E-state index in [-0.39, 0.29) is 0 Å². The van der Waals surface area contributed by atoms with Crippen molar-refractivity contribution in [3.05, 3.63) is 82.0 Å². The number of rotatable bonds is 7. The molecule has 144 valence electrons. The van der Waals surface area contributed by atoms with Crippen molar-refractivity contribution in [3.63, 3.8) is 0 Å². The van der Waals surface area contributed by atoms with E-state index in [1.165, 1.54) is 37.9 Å². The van der Waals surface area contributed by atoms with Gasteiger partial charge in [-0.05, 0) is 65.8 Å². The molecule has 0 radical (unpaired) electrons. The van der Waals surface area contributed by atoms with Crippen LogP contribution in [-0.2, 0) is 6.42 Å². The molecule has 1 aromatic carbocycles. The van der Waals surface area contributed by atoms with Gasteiger partial charge in [0.2, 0.25) is 0 Å². The third kappa shape index (κ3) is 4.76. The van der Waals surface area contributed by atoms with E-state index < -0.39 is 0 Å². The van der Waals surface area contributed by atoms with Crippen LogP contribution in [0.1, 0.15) is 35.8 Å². The van der Waals surface area contributed by atoms with Crippen LogP contribution in [0.4, 0.5) is 0 Å². The molecular formula is C25H21NS3. The molecule has 0 amide bonds. The third-order valence-corrected chi connectivity index (χ3v) is 8.11. The number of hydrogen-bond acceptors (Lipinski definition) is 4. The molecule has 0 saturated heterocycles. The van der Waals surface area contributed by atoms with Crippen molar-refractivity contribution in [2.24, 2.45) is 0 Å². The topological polar surface area (TPSA) is 23.8 Å². The predicted molar refractivity (Wildman–Crippen MR) is 129 cm³/mol. The van der Waals surface area contributed by atoms with Gasteiger partial charge in [-0.3, -0.25) is 0 Å². The number of benzene rings is 1. The van der Waals surface area contributed by atoms with Crippen molar-refractivity contribution in [3.8, 4) is 25.6 Å². The van der Waals surface area contributed by atoms with Crippen molar-refractivity contribution in [2.75, 3.05) is 0 Å². The lowest BCUT2D eigenvalue weighted by Crippen LogP contribution is -1.86. The van der Waals surface area contributed by atoms with E-state index in [0.29, 0.717) is 5.57 Å². The molecule has 0 bridgehead atoms. The lowest BCUT2D eigenvalue weighted by atomic mass is 10.0. The molecule has 0 atom stereocenters. The summed E-state index contributed by atoms with van der Waals surface area (Å²) >= 11 is 5.33. The molecule has 0 saturated carbocycles. The molecule has 0 aliphatic heterocycles. The first-order chi connectivity index (χ1) is 14.3. The van der Waals surface area contributed by atoms with E-state index >= 15 is 0 Å². The number of hydrogen-bond donors (Lipinski definition) is 0. The molecule has 0 aliphatic carbocycles. The van der Waals surface area contributed by atoms with Crippen molar-refractivity contribution in [1.82, 2.24) is 0 Å². The second-order valence-electron chi connectivity index (χ2n) is 6.81. The van der Waals surface area contributed by atoms with Crippen LogP contribution in [0.5, 0.6) is 0 Å². The molecule has 4 aromatic rings. The zero-order valence-corrected chi connectivity index (χ0v) is 18.7. The first-order valence-electron chi connectivity index (χ1n) is 9.72. The smallest absolute Gasteiger partial charge is 0.0998 e. The van der Waals surface area contributed by atoms with Crippen LogP contribution in [0, 0.1) is 11.3 Å². The summed E-state index contributed by atoms with van der Waals surface area (Å²) in [5.74, 6) is 0. The Morgan fingerprint density at radius 2 is 1.62 bits per heavy atom. The van der Waals surface area contributed by atoms with E-state index in [1.54, 1.807) is 22.7 Å². The van der Waals surface area contributed by atoms with E-state index in [4.69, 9.17) is 0 Å². The molecule has 0 N–H and O–H groups in total. The Balaban J connectivity index is 1.54. The Morgan fingerprint density at radius 3 is 2.31 bits per heavy atom. The Labute approximate surface area is 184 Å². The number of aryl methyl sites for hydroxylation is 1. The van der Waals surface area contributed by atoms with Crippen LogP contribution < -0.4 is 0 Å². The van der Waals surface area contributed by atoms with Crippen molar-refractivity contribution < 1.29 is 0 Å². The maximum Gasteiger partial charge on any atom is 0.0998 e. The van der Waals surface area contributed by atoms with Gasteiger partial charge >= 0.3 is 0 Å². The lowest BCUT2D eigenvalue weighted by Gasteiger charge is -2.02. The van der Waals surface area contributed by atoms with Crippen LogP contribution in [0.15, 0.2) is 66.0 Å². The number of nitriles is 1. The fraction of sp³-hybridized carbons (Fsp3) is 0.160. The van der Waals surface area contributed by atoms with Crippen LogP contribution in [0.3, 0.4) is 0 Å². The number of nitrogens with zero attached hydrogens (tertiary/aromatic N) is 1. The Bertz CT molecular complexity index is 1140. The van der Waals surface area contributed by atoms with Crippen LogP contribution >= 0.6 is 34.0 Å². The van der Waals surface area contributed by atoms with E-state index in [1.807, 2.05) is 17.4 Å². The average molecular weight is 432 g/mol. The van der Waals surface area contributed by atoms with Crippen LogP contribution in [0.25, 0.3) is 31.2 Å². The second kappa shape index (κ2) is 9.37. The highest BCUT2D eigenvalue weighted by molar-refractivity contribution is 7.26. The van der Waals surface area contributed by atoms with Gasteiger partial charge in [0.25, 0.3) is 0 Å². The molecule has 3 aromatic heterocycles. The van der Waals surface area contributed by atoms with Crippen molar-refractivity contribution >= 4 is 45.7 Å². The monoisotopic (exact) mass is 431 g/mol. The summed E-state index contributed by atoms with van der Waals surface area (Å²) in [6.07, 6.45) is 5.51. The van der Waals surface area contributed by atoms with Gasteiger partial charge in [-0.1, -0.05) is 43.7 Å². The van der Waals surface area contributed by atoms with E-state index in [9.17, 15) is 5.26 Å². The lowest BCUT2D eigenvalue weighted by molar-refractivity contribution is 0.795. The van der Waals surface area contributed by atoms with Crippen molar-refractivity contribution in [1.29, 1.82) is 5.26 Å². The van der Waals surface area contributed by atoms with Gasteiger partial charge < -0.3 is 0 Å². The molecule has 0 unspecified atom stereocenters. The van der Waals surface area contributed by atoms with Gasteiger partial charge in [0.1, 0.15) is 0 Å². The molecule has 29 heavy (non-hydrogen) atoms. The molecule has 4 heteroatoms. The quantitative estimate of drug-likeness (QED) is 0.269. The molecule has 4 rings (SSSR count). The fourth-order valence-electron chi connectivity index (χ4n) is 3.14. The van der Waals surface area contributed by atoms with Gasteiger partial charge in [-0.15, -0.1) is 34.0 Å². The Morgan fingerprint density at radius 1 is 0.897 bits per heavy atom. The van der Waals surface area contributed by atoms with Gasteiger partial charge in [-0.25, -0.2) is 0 Å². The average Bonchev–Trinajstić information content (AvgIpc) is 3.51. The predicted octanol–water partition coefficient (Wildman–Crippen LogP) is 8.61. The van der Waals surface area contributed by atoms with Crippen LogP contribution in [0.2, 0.25) is 0 Å². The Kier molecular flexibility index (Phi) is 6.41. The van der Waals surface area contributed by atoms with Gasteiger partial charge in [0.15, 0.2) is 0 Å². The number of thiophene rings is 3. The molecule has 0 spiro atoms. The van der Waals surface area contributed by atoms with E-state index in [0.717, 1.165) is 16.9 Å². The second-order valence-corrected chi connectivity index (χ2v) is 9.96. The molecule has 0 fully saturated rings. The maximum absolute atomic E-state index is 9.67. The van der Waals surface area contributed by atoms with Crippen molar-refractivity contribution in [2.45, 2.75) is 26.2 Å². The Hall–Kier alpha value is -2.45. The summed E-state index contributed by atoms with van der Waals surface area (Å²) in [5, 5.41) is 11.8. The third-order valence-electron chi connectivity index (χ3n) is 4.73. The summed E-state index contributed by atoms with van der Waals surface area (Å²) in [7, 11) is 0. The molecule has 0 aliphatic rings. The van der Waals surface area contributed by atoms with Gasteiger partial charge in [0.05, 0.1) is 11.6 Å². The largest absolute Gasteiger partial charge is 0.192 e. The number of allylic oxidation sites excluding steroid dienone is 1. The summed E-state index contributed by atoms with van der Waals surface area (Å²) in [4.78, 5) is 6.25. The summed E-state index contributed by atoms with van der Waals surface area (Å²) in [6, 6.07) is 23.7. The standard InChI is InChI=1S/C25H21NS3/c1-2-3-5-18-7-9-19(10-8-18)20(17-26)16-21-11-12-24(28-21)25-14-13-23(29-25)22-6-4-15-27-22/h4,6-16H,2-3,5H2,1H3/b20-16+. The summed E-state index contributed by atoms with van der Waals surface area (Å²) < 4.78 is 0. The minimum absolute atomic E-state index is 0.714. The minimum atomic E-state index is 0.714. The fourth-order valence-corrected chi connectivity index (χ4v) is 6.02. The maximum atomic E-state index is 9.67. The normalized spacial score (nSPS) is 11.5. The molecule has 3 heterocycles. The SMILES string of the molecule is CCCCc1ccc(/C(C#N)=C/c2ccc(-c3ccc(-c4cccs4)s3)s2)cc1. The highest BCUT2D eigenvalue weighted by atomic mass is 32.1. The summed E-state index contributed by atoms with van der Waals surface area (Å²) in [6.45, 7) is 2.21. The zero-order valence-electron chi connectivity index (χ0n) is 16.2. The molecular weight excluding hydrogens is 410 g/mol. The highest BCUT2D eigenvalue weighted by Gasteiger charge is 2.09. The molecule has 1 nitrogen and oxygen atoms in total. The number of unbranched alkanes of at least 4 members (excludes halogenated alkanes) is 1. The van der Waals surface area contributed by atoms with Crippen LogP contribution in [-0.4, -0.2) is 0 Å². The summed E-state index contributed by atoms with van der Waals surface area (Å²) in [5.41, 5.74) is 3.04. The van der Waals surface area contributed by atoms with Gasteiger partial charge in [-0.2, -0.15) is 5.26 Å². The highest BCUT2D eigenvalue weighted by Crippen LogP contribution is 2.39.